The number of aromatic nitrogens is 5. The summed E-state index contributed by atoms with van der Waals surface area (Å²) in [6.07, 6.45) is 5.92. The van der Waals surface area contributed by atoms with Crippen LogP contribution in [0.15, 0.2) is 41.5 Å². The molecule has 4 heterocycles. The number of pyridine rings is 1. The van der Waals surface area contributed by atoms with Gasteiger partial charge in [0.15, 0.2) is 5.69 Å². The summed E-state index contributed by atoms with van der Waals surface area (Å²) in [5.74, 6) is -1.34. The van der Waals surface area contributed by atoms with Crippen LogP contribution in [0, 0.1) is 5.82 Å². The predicted octanol–water partition coefficient (Wildman–Crippen LogP) is 4.12. The van der Waals surface area contributed by atoms with Gasteiger partial charge in [0.05, 0.1) is 28.8 Å². The summed E-state index contributed by atoms with van der Waals surface area (Å²) in [4.78, 5) is 33.4. The average molecular weight is 481 g/mol. The Balaban J connectivity index is 1.63. The van der Waals surface area contributed by atoms with E-state index >= 15 is 0 Å². The number of carboxylic acids is 1. The third kappa shape index (κ3) is 3.81. The highest BCUT2D eigenvalue weighted by atomic mass is 35.5. The largest absolute Gasteiger partial charge is 0.476 e. The molecule has 0 spiro atoms. The van der Waals surface area contributed by atoms with Gasteiger partial charge in [0.25, 0.3) is 5.56 Å². The minimum atomic E-state index is -1.26. The summed E-state index contributed by atoms with van der Waals surface area (Å²) < 4.78 is 16.1. The number of nitrogens with zero attached hydrogens (tertiary/aromatic N) is 4. The molecule has 1 aliphatic rings. The molecule has 9 nitrogen and oxygen atoms in total. The van der Waals surface area contributed by atoms with Crippen molar-refractivity contribution in [3.63, 3.8) is 0 Å². The van der Waals surface area contributed by atoms with Crippen LogP contribution < -0.4 is 10.9 Å². The minimum Gasteiger partial charge on any atom is -0.476 e. The average Bonchev–Trinajstić information content (AvgIpc) is 3.46. The molecule has 0 bridgehead atoms. The number of H-pyrrole nitrogens is 1. The summed E-state index contributed by atoms with van der Waals surface area (Å²) in [7, 11) is 0. The molecule has 1 atom stereocenters. The van der Waals surface area contributed by atoms with Gasteiger partial charge in [-0.15, -0.1) is 0 Å². The van der Waals surface area contributed by atoms with Crippen molar-refractivity contribution < 1.29 is 14.3 Å². The lowest BCUT2D eigenvalue weighted by Crippen LogP contribution is -2.22. The Labute approximate surface area is 196 Å². The number of hydrogen-bond acceptors (Lipinski definition) is 6. The third-order valence-corrected chi connectivity index (χ3v) is 5.92. The number of benzene rings is 1. The van der Waals surface area contributed by atoms with E-state index < -0.39 is 17.8 Å². The van der Waals surface area contributed by atoms with E-state index in [0.717, 1.165) is 11.1 Å². The lowest BCUT2D eigenvalue weighted by molar-refractivity contribution is 0.0691. The molecule has 1 aliphatic heterocycles. The third-order valence-electron chi connectivity index (χ3n) is 5.71. The van der Waals surface area contributed by atoms with Crippen LogP contribution in [0.25, 0.3) is 22.6 Å². The van der Waals surface area contributed by atoms with Crippen LogP contribution >= 0.6 is 11.6 Å². The molecule has 0 radical (unpaired) electrons. The molecule has 0 saturated carbocycles. The second-order valence-corrected chi connectivity index (χ2v) is 8.32. The molecule has 4 aromatic rings. The summed E-state index contributed by atoms with van der Waals surface area (Å²) in [6, 6.07) is 4.82. The fourth-order valence-corrected chi connectivity index (χ4v) is 4.29. The zero-order valence-electron chi connectivity index (χ0n) is 17.8. The Hall–Kier alpha value is -4.05. The van der Waals surface area contributed by atoms with Crippen LogP contribution in [0.3, 0.4) is 0 Å². The summed E-state index contributed by atoms with van der Waals surface area (Å²) in [6.45, 7) is 2.17. The molecule has 11 heteroatoms. The van der Waals surface area contributed by atoms with E-state index in [1.54, 1.807) is 23.9 Å². The molecule has 3 aromatic heterocycles. The van der Waals surface area contributed by atoms with Gasteiger partial charge in [0, 0.05) is 23.9 Å². The van der Waals surface area contributed by atoms with Gasteiger partial charge in [-0.2, -0.15) is 5.10 Å². The first kappa shape index (κ1) is 21.8. The van der Waals surface area contributed by atoms with Gasteiger partial charge in [0.1, 0.15) is 16.8 Å². The topological polar surface area (TPSA) is 126 Å². The molecule has 5 rings (SSSR count). The predicted molar refractivity (Wildman–Crippen MR) is 125 cm³/mol. The molecule has 1 aromatic carbocycles. The number of hydrogen-bond donors (Lipinski definition) is 3. The second-order valence-electron chi connectivity index (χ2n) is 7.94. The quantitative estimate of drug-likeness (QED) is 0.367. The van der Waals surface area contributed by atoms with Crippen molar-refractivity contribution in [2.24, 2.45) is 0 Å². The SMILES string of the molecule is C[C@@H](Nc1ccc(Cl)nc1C(=O)O)c1cc(F)cc2c(=O)n3c(nc12)/C(=C/c1cn[nH]c1)CC3. The van der Waals surface area contributed by atoms with Crippen LogP contribution in [0.5, 0.6) is 0 Å². The van der Waals surface area contributed by atoms with E-state index in [1.807, 2.05) is 6.08 Å². The van der Waals surface area contributed by atoms with Gasteiger partial charge in [-0.3, -0.25) is 14.5 Å². The number of carboxylic acid groups (broad SMARTS) is 1. The molecule has 0 unspecified atom stereocenters. The molecular weight excluding hydrogens is 463 g/mol. The highest BCUT2D eigenvalue weighted by molar-refractivity contribution is 6.29. The number of anilines is 1. The fourth-order valence-electron chi connectivity index (χ4n) is 4.15. The summed E-state index contributed by atoms with van der Waals surface area (Å²) in [5, 5.41) is 19.4. The molecule has 0 amide bonds. The normalized spacial score (nSPS) is 15.0. The van der Waals surface area contributed by atoms with Crippen LogP contribution in [-0.4, -0.2) is 35.8 Å². The molecule has 0 aliphatic carbocycles. The lowest BCUT2D eigenvalue weighted by Gasteiger charge is -2.19. The maximum atomic E-state index is 14.6. The number of rotatable bonds is 5. The Morgan fingerprint density at radius 3 is 2.91 bits per heavy atom. The Morgan fingerprint density at radius 2 is 2.18 bits per heavy atom. The molecule has 34 heavy (non-hydrogen) atoms. The fraction of sp³-hybridized carbons (Fsp3) is 0.174. The minimum absolute atomic E-state index is 0.0361. The number of aromatic amines is 1. The van der Waals surface area contributed by atoms with Gasteiger partial charge < -0.3 is 10.4 Å². The zero-order chi connectivity index (χ0) is 24.0. The summed E-state index contributed by atoms with van der Waals surface area (Å²) in [5.41, 5.74) is 2.09. The van der Waals surface area contributed by atoms with Crippen LogP contribution in [0.4, 0.5) is 10.1 Å². The van der Waals surface area contributed by atoms with E-state index in [1.165, 1.54) is 24.3 Å². The molecule has 172 valence electrons. The van der Waals surface area contributed by atoms with Crippen molar-refractivity contribution in [2.45, 2.75) is 25.9 Å². The maximum absolute atomic E-state index is 14.6. The summed E-state index contributed by atoms with van der Waals surface area (Å²) >= 11 is 5.84. The van der Waals surface area contributed by atoms with Gasteiger partial charge >= 0.3 is 5.97 Å². The van der Waals surface area contributed by atoms with Crippen LogP contribution in [-0.2, 0) is 6.54 Å². The van der Waals surface area contributed by atoms with Gasteiger partial charge in [0.2, 0.25) is 0 Å². The highest BCUT2D eigenvalue weighted by Crippen LogP contribution is 2.31. The number of allylic oxidation sites excluding steroid dienone is 1. The number of fused-ring (bicyclic) bond motifs is 2. The first-order valence-corrected chi connectivity index (χ1v) is 10.8. The highest BCUT2D eigenvalue weighted by Gasteiger charge is 2.24. The lowest BCUT2D eigenvalue weighted by atomic mass is 10.0. The van der Waals surface area contributed by atoms with Gasteiger partial charge in [-0.1, -0.05) is 11.6 Å². The van der Waals surface area contributed by atoms with Crippen molar-refractivity contribution in [3.05, 3.63) is 80.6 Å². The Morgan fingerprint density at radius 1 is 1.35 bits per heavy atom. The zero-order valence-corrected chi connectivity index (χ0v) is 18.6. The molecule has 3 N–H and O–H groups in total. The van der Waals surface area contributed by atoms with Crippen molar-refractivity contribution in [3.8, 4) is 0 Å². The standard InChI is InChI=1S/C23H18ClFN6O3/c1-11(28-17-2-3-18(24)29-20(17)23(33)34)15-7-14(25)8-16-19(15)30-21-13(4-5-31(21)22(16)32)6-12-9-26-27-10-12/h2-3,6-11,28H,4-5H2,1H3,(H,26,27)(H,33,34)/b13-6+/t11-/m1/s1. The van der Waals surface area contributed by atoms with E-state index in [2.05, 4.69) is 20.5 Å². The monoisotopic (exact) mass is 480 g/mol. The van der Waals surface area contributed by atoms with Gasteiger partial charge in [-0.05, 0) is 49.3 Å². The molecule has 0 saturated heterocycles. The van der Waals surface area contributed by atoms with Crippen molar-refractivity contribution in [1.29, 1.82) is 0 Å². The Bertz CT molecular complexity index is 1530. The number of carbonyl (C=O) groups is 1. The van der Waals surface area contributed by atoms with Crippen LogP contribution in [0.1, 0.15) is 46.8 Å². The molecule has 0 fully saturated rings. The van der Waals surface area contributed by atoms with Crippen molar-refractivity contribution in [2.75, 3.05) is 5.32 Å². The van der Waals surface area contributed by atoms with Crippen molar-refractivity contribution in [1.82, 2.24) is 24.7 Å². The first-order valence-electron chi connectivity index (χ1n) is 10.4. The smallest absolute Gasteiger partial charge is 0.356 e. The van der Waals surface area contributed by atoms with E-state index in [-0.39, 0.29) is 27.5 Å². The van der Waals surface area contributed by atoms with Crippen LogP contribution in [0.2, 0.25) is 5.15 Å². The number of halogens is 2. The van der Waals surface area contributed by atoms with E-state index in [4.69, 9.17) is 16.6 Å². The Kier molecular flexibility index (Phi) is 5.37. The number of nitrogens with one attached hydrogen (secondary N) is 2. The first-order chi connectivity index (χ1) is 16.3. The van der Waals surface area contributed by atoms with Gasteiger partial charge in [-0.25, -0.2) is 19.2 Å². The molecular formula is C23H18ClFN6O3. The van der Waals surface area contributed by atoms with E-state index in [9.17, 15) is 19.1 Å². The van der Waals surface area contributed by atoms with E-state index in [0.29, 0.717) is 29.9 Å². The van der Waals surface area contributed by atoms with Crippen molar-refractivity contribution >= 4 is 45.8 Å². The maximum Gasteiger partial charge on any atom is 0.356 e. The number of aromatic carboxylic acids is 1. The second kappa shape index (κ2) is 8.38.